The van der Waals surface area contributed by atoms with E-state index in [0.717, 1.165) is 19.3 Å². The summed E-state index contributed by atoms with van der Waals surface area (Å²) in [6.45, 7) is 0. The van der Waals surface area contributed by atoms with E-state index in [-0.39, 0.29) is 12.0 Å². The fourth-order valence-corrected chi connectivity index (χ4v) is 2.16. The number of hydrogen-bond acceptors (Lipinski definition) is 2. The zero-order valence-electron chi connectivity index (χ0n) is 6.42. The van der Waals surface area contributed by atoms with E-state index in [2.05, 4.69) is 5.32 Å². The second-order valence-electron chi connectivity index (χ2n) is 3.61. The Hall–Kier alpha value is -0.570. The fraction of sp³-hybridized carbons (Fsp3) is 0.875. The summed E-state index contributed by atoms with van der Waals surface area (Å²) in [5, 5.41) is 12.2. The van der Waals surface area contributed by atoms with E-state index >= 15 is 0 Å². The van der Waals surface area contributed by atoms with Crippen LogP contribution in [0.1, 0.15) is 25.7 Å². The van der Waals surface area contributed by atoms with Gasteiger partial charge in [-0.05, 0) is 25.2 Å². The van der Waals surface area contributed by atoms with Crippen molar-refractivity contribution in [1.82, 2.24) is 5.32 Å². The maximum absolute atomic E-state index is 10.9. The predicted octanol–water partition coefficient (Wildman–Crippen LogP) is 0.0359. The summed E-state index contributed by atoms with van der Waals surface area (Å²) in [7, 11) is 0. The molecule has 62 valence electrons. The van der Waals surface area contributed by atoms with Crippen LogP contribution in [0.5, 0.6) is 0 Å². The molecule has 11 heavy (non-hydrogen) atoms. The van der Waals surface area contributed by atoms with Crippen molar-refractivity contribution in [3.63, 3.8) is 0 Å². The summed E-state index contributed by atoms with van der Waals surface area (Å²) < 4.78 is 0. The van der Waals surface area contributed by atoms with Crippen LogP contribution in [-0.4, -0.2) is 23.2 Å². The molecule has 3 nitrogen and oxygen atoms in total. The molecular weight excluding hydrogens is 142 g/mol. The summed E-state index contributed by atoms with van der Waals surface area (Å²) >= 11 is 0. The highest BCUT2D eigenvalue weighted by atomic mass is 16.3. The number of aliphatic hydroxyl groups is 1. The Kier molecular flexibility index (Phi) is 1.60. The lowest BCUT2D eigenvalue weighted by Crippen LogP contribution is -2.35. The first-order valence-electron chi connectivity index (χ1n) is 4.23. The highest BCUT2D eigenvalue weighted by Crippen LogP contribution is 2.30. The molecule has 1 saturated carbocycles. The molecule has 2 N–H and O–H groups in total. The van der Waals surface area contributed by atoms with Crippen LogP contribution in [0.3, 0.4) is 0 Å². The topological polar surface area (TPSA) is 49.3 Å². The largest absolute Gasteiger partial charge is 0.393 e. The minimum atomic E-state index is -0.163. The quantitative estimate of drug-likeness (QED) is 0.518. The van der Waals surface area contributed by atoms with Gasteiger partial charge in [0.2, 0.25) is 5.91 Å². The van der Waals surface area contributed by atoms with Crippen LogP contribution in [0.4, 0.5) is 0 Å². The summed E-state index contributed by atoms with van der Waals surface area (Å²) in [5.41, 5.74) is 0. The molecule has 0 radical (unpaired) electrons. The van der Waals surface area contributed by atoms with Gasteiger partial charge >= 0.3 is 0 Å². The van der Waals surface area contributed by atoms with Crippen molar-refractivity contribution in [1.29, 1.82) is 0 Å². The average Bonchev–Trinajstić information content (AvgIpc) is 2.27. The molecule has 1 heterocycles. The summed E-state index contributed by atoms with van der Waals surface area (Å²) in [5.74, 6) is 0.570. The van der Waals surface area contributed by atoms with Gasteiger partial charge in [-0.2, -0.15) is 0 Å². The second-order valence-corrected chi connectivity index (χ2v) is 3.61. The minimum Gasteiger partial charge on any atom is -0.393 e. The third-order valence-corrected chi connectivity index (χ3v) is 2.75. The molecule has 0 bridgehead atoms. The predicted molar refractivity (Wildman–Crippen MR) is 39.9 cm³/mol. The molecule has 1 saturated heterocycles. The Balaban J connectivity index is 2.02. The Labute approximate surface area is 65.8 Å². The van der Waals surface area contributed by atoms with E-state index in [1.807, 2.05) is 0 Å². The summed E-state index contributed by atoms with van der Waals surface area (Å²) in [4.78, 5) is 10.9. The minimum absolute atomic E-state index is 0.161. The molecule has 1 aliphatic heterocycles. The molecular formula is C8H13NO2. The van der Waals surface area contributed by atoms with Crippen LogP contribution in [0.15, 0.2) is 0 Å². The number of carbonyl (C=O) groups excluding carboxylic acids is 1. The Bertz CT molecular complexity index is 181. The molecule has 1 amide bonds. The Morgan fingerprint density at radius 3 is 3.09 bits per heavy atom. The van der Waals surface area contributed by atoms with Crippen molar-refractivity contribution in [3.05, 3.63) is 0 Å². The normalized spacial score (nSPS) is 43.4. The standard InChI is InChI=1S/C8H13NO2/c10-6-1-2-7-5(3-6)4-8(11)9-7/h5-7,10H,1-4H2,(H,9,11)/t5-,6-,7-/m1/s1. The molecule has 0 aromatic heterocycles. The van der Waals surface area contributed by atoms with Gasteiger partial charge in [-0.15, -0.1) is 0 Å². The zero-order chi connectivity index (χ0) is 7.84. The Morgan fingerprint density at radius 2 is 2.27 bits per heavy atom. The van der Waals surface area contributed by atoms with Gasteiger partial charge in [0, 0.05) is 12.5 Å². The zero-order valence-corrected chi connectivity index (χ0v) is 6.42. The first-order valence-corrected chi connectivity index (χ1v) is 4.23. The van der Waals surface area contributed by atoms with Gasteiger partial charge in [0.05, 0.1) is 6.10 Å². The number of rotatable bonds is 0. The monoisotopic (exact) mass is 155 g/mol. The van der Waals surface area contributed by atoms with Crippen LogP contribution in [0.25, 0.3) is 0 Å². The molecule has 3 heteroatoms. The summed E-state index contributed by atoms with van der Waals surface area (Å²) in [6, 6.07) is 0.367. The van der Waals surface area contributed by atoms with E-state index in [9.17, 15) is 9.90 Å². The maximum Gasteiger partial charge on any atom is 0.220 e. The smallest absolute Gasteiger partial charge is 0.220 e. The highest BCUT2D eigenvalue weighted by Gasteiger charge is 2.36. The first-order chi connectivity index (χ1) is 5.25. The van der Waals surface area contributed by atoms with Gasteiger partial charge in [0.15, 0.2) is 0 Å². The first kappa shape index (κ1) is 7.10. The maximum atomic E-state index is 10.9. The van der Waals surface area contributed by atoms with Gasteiger partial charge < -0.3 is 10.4 Å². The second kappa shape index (κ2) is 2.48. The van der Waals surface area contributed by atoms with Crippen molar-refractivity contribution in [3.8, 4) is 0 Å². The number of fused-ring (bicyclic) bond motifs is 1. The fourth-order valence-electron chi connectivity index (χ4n) is 2.16. The SMILES string of the molecule is O=C1C[C@H]2C[C@H](O)CC[C@H]2N1. The molecule has 2 rings (SSSR count). The van der Waals surface area contributed by atoms with E-state index in [4.69, 9.17) is 0 Å². The molecule has 1 aliphatic carbocycles. The third kappa shape index (κ3) is 1.25. The van der Waals surface area contributed by atoms with Gasteiger partial charge in [-0.3, -0.25) is 4.79 Å². The number of aliphatic hydroxyl groups excluding tert-OH is 1. The van der Waals surface area contributed by atoms with Gasteiger partial charge in [0.1, 0.15) is 0 Å². The van der Waals surface area contributed by atoms with Gasteiger partial charge in [-0.25, -0.2) is 0 Å². The molecule has 0 aromatic carbocycles. The van der Waals surface area contributed by atoms with Crippen molar-refractivity contribution in [2.45, 2.75) is 37.8 Å². The van der Waals surface area contributed by atoms with Crippen LogP contribution in [0.2, 0.25) is 0 Å². The molecule has 0 unspecified atom stereocenters. The Morgan fingerprint density at radius 1 is 1.45 bits per heavy atom. The van der Waals surface area contributed by atoms with Gasteiger partial charge in [-0.1, -0.05) is 0 Å². The van der Waals surface area contributed by atoms with Gasteiger partial charge in [0.25, 0.3) is 0 Å². The highest BCUT2D eigenvalue weighted by molar-refractivity contribution is 5.79. The van der Waals surface area contributed by atoms with E-state index in [1.54, 1.807) is 0 Å². The van der Waals surface area contributed by atoms with Crippen molar-refractivity contribution < 1.29 is 9.90 Å². The lowest BCUT2D eigenvalue weighted by atomic mass is 9.84. The van der Waals surface area contributed by atoms with E-state index in [1.165, 1.54) is 0 Å². The summed E-state index contributed by atoms with van der Waals surface area (Å²) in [6.07, 6.45) is 3.08. The number of nitrogens with one attached hydrogen (secondary N) is 1. The van der Waals surface area contributed by atoms with Crippen LogP contribution < -0.4 is 5.32 Å². The molecule has 2 aliphatic rings. The number of hydrogen-bond donors (Lipinski definition) is 2. The average molecular weight is 155 g/mol. The molecule has 0 aromatic rings. The molecule has 2 fully saturated rings. The number of carbonyl (C=O) groups is 1. The molecule has 3 atom stereocenters. The van der Waals surface area contributed by atoms with E-state index in [0.29, 0.717) is 18.4 Å². The number of amides is 1. The van der Waals surface area contributed by atoms with E-state index < -0.39 is 0 Å². The molecule has 0 spiro atoms. The lowest BCUT2D eigenvalue weighted by molar-refractivity contribution is -0.119. The van der Waals surface area contributed by atoms with Crippen molar-refractivity contribution >= 4 is 5.91 Å². The lowest BCUT2D eigenvalue weighted by Gasteiger charge is -2.27. The third-order valence-electron chi connectivity index (χ3n) is 2.75. The van der Waals surface area contributed by atoms with Crippen molar-refractivity contribution in [2.24, 2.45) is 5.92 Å². The van der Waals surface area contributed by atoms with Crippen LogP contribution in [-0.2, 0) is 4.79 Å². The van der Waals surface area contributed by atoms with Crippen LogP contribution in [0, 0.1) is 5.92 Å². The van der Waals surface area contributed by atoms with Crippen LogP contribution >= 0.6 is 0 Å². The van der Waals surface area contributed by atoms with Crippen molar-refractivity contribution in [2.75, 3.05) is 0 Å².